The molecule has 0 aliphatic carbocycles. The average Bonchev–Trinajstić information content (AvgIpc) is 2.50. The lowest BCUT2D eigenvalue weighted by Gasteiger charge is -2.24. The van der Waals surface area contributed by atoms with Crippen LogP contribution < -0.4 is 15.8 Å². The molecule has 0 fully saturated rings. The number of hydrogen-bond acceptors (Lipinski definition) is 4. The Kier molecular flexibility index (Phi) is 6.99. The van der Waals surface area contributed by atoms with E-state index in [4.69, 9.17) is 5.14 Å². The number of nitrogens with two attached hydrogens (primary N) is 1. The highest BCUT2D eigenvalue weighted by molar-refractivity contribution is 7.89. The Morgan fingerprint density at radius 2 is 1.64 bits per heavy atom. The van der Waals surface area contributed by atoms with Crippen LogP contribution in [0.15, 0.2) is 29.2 Å². The van der Waals surface area contributed by atoms with E-state index < -0.39 is 10.0 Å². The lowest BCUT2D eigenvalue weighted by molar-refractivity contribution is 0.0924. The minimum absolute atomic E-state index is 0.00811. The molecule has 0 heterocycles. The Morgan fingerprint density at radius 1 is 1.09 bits per heavy atom. The van der Waals surface area contributed by atoms with Crippen molar-refractivity contribution in [3.63, 3.8) is 0 Å². The van der Waals surface area contributed by atoms with Gasteiger partial charge < -0.3 is 5.32 Å². The Hall–Kier alpha value is -1.44. The van der Waals surface area contributed by atoms with Crippen molar-refractivity contribution in [1.82, 2.24) is 10.6 Å². The molecule has 0 aliphatic rings. The molecule has 7 heteroatoms. The molecule has 0 radical (unpaired) electrons. The van der Waals surface area contributed by atoms with E-state index in [0.29, 0.717) is 11.6 Å². The molecule has 4 N–H and O–H groups in total. The Morgan fingerprint density at radius 3 is 2.05 bits per heavy atom. The molecule has 0 spiro atoms. The summed E-state index contributed by atoms with van der Waals surface area (Å²) in [6.45, 7) is 6.19. The normalized spacial score (nSPS) is 13.1. The van der Waals surface area contributed by atoms with E-state index in [1.54, 1.807) is 0 Å². The van der Waals surface area contributed by atoms with Crippen LogP contribution in [0.5, 0.6) is 0 Å². The monoisotopic (exact) mass is 327 g/mol. The van der Waals surface area contributed by atoms with Crippen molar-refractivity contribution in [2.24, 2.45) is 5.14 Å². The van der Waals surface area contributed by atoms with Gasteiger partial charge in [0.15, 0.2) is 0 Å². The van der Waals surface area contributed by atoms with Crippen molar-refractivity contribution in [2.45, 2.75) is 57.1 Å². The number of hydrogen-bond donors (Lipinski definition) is 3. The van der Waals surface area contributed by atoms with Gasteiger partial charge in [-0.2, -0.15) is 0 Å². The van der Waals surface area contributed by atoms with E-state index in [1.807, 2.05) is 6.92 Å². The molecule has 0 saturated heterocycles. The maximum absolute atomic E-state index is 12.2. The fourth-order valence-electron chi connectivity index (χ4n) is 2.11. The molecular weight excluding hydrogens is 302 g/mol. The van der Waals surface area contributed by atoms with Crippen LogP contribution in [-0.4, -0.2) is 26.5 Å². The average molecular weight is 327 g/mol. The van der Waals surface area contributed by atoms with E-state index >= 15 is 0 Å². The van der Waals surface area contributed by atoms with E-state index in [0.717, 1.165) is 19.3 Å². The number of carbonyl (C=O) groups is 1. The molecule has 0 aliphatic heterocycles. The highest BCUT2D eigenvalue weighted by Crippen LogP contribution is 2.09. The Bertz CT molecular complexity index is 581. The second-order valence-electron chi connectivity index (χ2n) is 5.18. The van der Waals surface area contributed by atoms with Crippen LogP contribution in [0, 0.1) is 0 Å². The maximum atomic E-state index is 12.2. The van der Waals surface area contributed by atoms with Crippen molar-refractivity contribution in [3.05, 3.63) is 29.8 Å². The van der Waals surface area contributed by atoms with Gasteiger partial charge in [0.1, 0.15) is 0 Å². The molecule has 1 atom stereocenters. The Labute approximate surface area is 132 Å². The zero-order valence-corrected chi connectivity index (χ0v) is 14.1. The molecular formula is C15H25N3O3S. The van der Waals surface area contributed by atoms with Crippen molar-refractivity contribution < 1.29 is 13.2 Å². The second kappa shape index (κ2) is 8.26. The van der Waals surface area contributed by atoms with Gasteiger partial charge >= 0.3 is 0 Å². The predicted molar refractivity (Wildman–Crippen MR) is 86.9 cm³/mol. The van der Waals surface area contributed by atoms with Crippen LogP contribution in [0.1, 0.15) is 50.4 Å². The number of nitrogens with one attached hydrogen (secondary N) is 2. The van der Waals surface area contributed by atoms with Gasteiger partial charge in [0, 0.05) is 11.6 Å². The summed E-state index contributed by atoms with van der Waals surface area (Å²) >= 11 is 0. The summed E-state index contributed by atoms with van der Waals surface area (Å²) in [5.74, 6) is -0.244. The van der Waals surface area contributed by atoms with Crippen molar-refractivity contribution in [2.75, 3.05) is 0 Å². The minimum atomic E-state index is -3.74. The number of rotatable bonds is 8. The molecule has 1 amide bonds. The van der Waals surface area contributed by atoms with Crippen LogP contribution in [-0.2, 0) is 10.0 Å². The minimum Gasteiger partial charge on any atom is -0.337 e. The van der Waals surface area contributed by atoms with Crippen LogP contribution in [0.3, 0.4) is 0 Å². The molecule has 1 aromatic carbocycles. The van der Waals surface area contributed by atoms with Crippen LogP contribution in [0.25, 0.3) is 0 Å². The molecule has 1 rings (SSSR count). The van der Waals surface area contributed by atoms with Crippen LogP contribution in [0.4, 0.5) is 0 Å². The van der Waals surface area contributed by atoms with E-state index in [-0.39, 0.29) is 17.0 Å². The number of amides is 1. The summed E-state index contributed by atoms with van der Waals surface area (Å²) in [5, 5.41) is 11.3. The molecule has 1 unspecified atom stereocenters. The molecule has 22 heavy (non-hydrogen) atoms. The summed E-state index contributed by atoms with van der Waals surface area (Å²) < 4.78 is 22.4. The number of primary sulfonamides is 1. The predicted octanol–water partition coefficient (Wildman–Crippen LogP) is 1.58. The van der Waals surface area contributed by atoms with Crippen molar-refractivity contribution in [1.29, 1.82) is 0 Å². The van der Waals surface area contributed by atoms with Crippen molar-refractivity contribution in [3.8, 4) is 0 Å². The summed E-state index contributed by atoms with van der Waals surface area (Å²) in [6, 6.07) is 5.94. The highest BCUT2D eigenvalue weighted by atomic mass is 32.2. The SMILES string of the molecule is CCC(CC)NC(CC)NC(=O)c1ccc(S(N)(=O)=O)cc1. The first-order chi connectivity index (χ1) is 10.3. The van der Waals surface area contributed by atoms with Gasteiger partial charge in [0.2, 0.25) is 10.0 Å². The first-order valence-electron chi connectivity index (χ1n) is 7.51. The van der Waals surface area contributed by atoms with E-state index in [9.17, 15) is 13.2 Å². The third kappa shape index (κ3) is 5.40. The fourth-order valence-corrected chi connectivity index (χ4v) is 2.62. The maximum Gasteiger partial charge on any atom is 0.252 e. The van der Waals surface area contributed by atoms with Gasteiger partial charge in [-0.15, -0.1) is 0 Å². The lowest BCUT2D eigenvalue weighted by Crippen LogP contribution is -2.49. The summed E-state index contributed by atoms with van der Waals surface area (Å²) in [6.07, 6.45) is 2.63. The van der Waals surface area contributed by atoms with Gasteiger partial charge in [-0.05, 0) is 43.5 Å². The first kappa shape index (κ1) is 18.6. The number of carbonyl (C=O) groups excluding carboxylic acids is 1. The lowest BCUT2D eigenvalue weighted by atomic mass is 10.1. The third-order valence-corrected chi connectivity index (χ3v) is 4.51. The third-order valence-electron chi connectivity index (χ3n) is 3.58. The molecule has 6 nitrogen and oxygen atoms in total. The summed E-state index contributed by atoms with van der Waals surface area (Å²) in [5.41, 5.74) is 0.400. The smallest absolute Gasteiger partial charge is 0.252 e. The molecule has 0 saturated carbocycles. The quantitative estimate of drug-likeness (QED) is 0.631. The molecule has 1 aromatic rings. The highest BCUT2D eigenvalue weighted by Gasteiger charge is 2.15. The summed E-state index contributed by atoms with van der Waals surface area (Å²) in [7, 11) is -3.74. The van der Waals surface area contributed by atoms with E-state index in [2.05, 4.69) is 24.5 Å². The van der Waals surface area contributed by atoms with Gasteiger partial charge in [0.05, 0.1) is 11.1 Å². The van der Waals surface area contributed by atoms with Gasteiger partial charge in [-0.1, -0.05) is 20.8 Å². The zero-order valence-electron chi connectivity index (χ0n) is 13.3. The largest absolute Gasteiger partial charge is 0.337 e. The van der Waals surface area contributed by atoms with Gasteiger partial charge in [-0.25, -0.2) is 13.6 Å². The van der Waals surface area contributed by atoms with E-state index in [1.165, 1.54) is 24.3 Å². The van der Waals surface area contributed by atoms with Gasteiger partial charge in [-0.3, -0.25) is 10.1 Å². The van der Waals surface area contributed by atoms with Gasteiger partial charge in [0.25, 0.3) is 5.91 Å². The molecule has 0 aromatic heterocycles. The number of benzene rings is 1. The standard InChI is InChI=1S/C15H25N3O3S/c1-4-12(5-2)17-14(6-3)18-15(19)11-7-9-13(10-8-11)22(16,20)21/h7-10,12,14,17H,4-6H2,1-3H3,(H,18,19)(H2,16,20,21). The van der Waals surface area contributed by atoms with Crippen LogP contribution >= 0.6 is 0 Å². The first-order valence-corrected chi connectivity index (χ1v) is 9.06. The topological polar surface area (TPSA) is 101 Å². The summed E-state index contributed by atoms with van der Waals surface area (Å²) in [4.78, 5) is 12.2. The molecule has 124 valence electrons. The number of sulfonamides is 1. The van der Waals surface area contributed by atoms with Crippen molar-refractivity contribution >= 4 is 15.9 Å². The fraction of sp³-hybridized carbons (Fsp3) is 0.533. The van der Waals surface area contributed by atoms with Crippen LogP contribution in [0.2, 0.25) is 0 Å². The Balaban J connectivity index is 2.74. The molecule has 0 bridgehead atoms. The zero-order chi connectivity index (χ0) is 16.8. The second-order valence-corrected chi connectivity index (χ2v) is 6.75.